The number of rotatable bonds is 3. The molecule has 0 unspecified atom stereocenters. The van der Waals surface area contributed by atoms with Crippen molar-refractivity contribution < 1.29 is 28.5 Å². The SMILES string of the molecule is O=C1OCOc2c(O)ccc(OCCF)c21. The number of cyclic esters (lactones) is 1. The number of benzene rings is 1. The molecule has 0 aliphatic carbocycles. The largest absolute Gasteiger partial charge is 0.504 e. The van der Waals surface area contributed by atoms with Crippen molar-refractivity contribution in [1.29, 1.82) is 0 Å². The topological polar surface area (TPSA) is 65.0 Å². The zero-order valence-electron chi connectivity index (χ0n) is 8.23. The third-order valence-corrected chi connectivity index (χ3v) is 2.03. The van der Waals surface area contributed by atoms with Crippen molar-refractivity contribution in [3.05, 3.63) is 17.7 Å². The molecule has 0 spiro atoms. The van der Waals surface area contributed by atoms with Gasteiger partial charge in [-0.15, -0.1) is 0 Å². The highest BCUT2D eigenvalue weighted by molar-refractivity contribution is 5.97. The van der Waals surface area contributed by atoms with Crippen molar-refractivity contribution in [1.82, 2.24) is 0 Å². The number of carbonyl (C=O) groups is 1. The molecule has 0 bridgehead atoms. The van der Waals surface area contributed by atoms with Gasteiger partial charge in [-0.1, -0.05) is 0 Å². The van der Waals surface area contributed by atoms with E-state index < -0.39 is 12.6 Å². The van der Waals surface area contributed by atoms with Crippen molar-refractivity contribution in [2.24, 2.45) is 0 Å². The number of alkyl halides is 1. The molecule has 1 N–H and O–H groups in total. The van der Waals surface area contributed by atoms with Crippen LogP contribution in [-0.4, -0.2) is 31.2 Å². The van der Waals surface area contributed by atoms with E-state index in [1.165, 1.54) is 12.1 Å². The van der Waals surface area contributed by atoms with E-state index in [0.29, 0.717) is 0 Å². The second-order valence-electron chi connectivity index (χ2n) is 3.02. The maximum atomic E-state index is 12.0. The average molecular weight is 228 g/mol. The molecule has 0 fully saturated rings. The fourth-order valence-electron chi connectivity index (χ4n) is 1.38. The first kappa shape index (κ1) is 10.5. The van der Waals surface area contributed by atoms with Gasteiger partial charge in [0, 0.05) is 0 Å². The maximum Gasteiger partial charge on any atom is 0.348 e. The number of ether oxygens (including phenoxy) is 3. The van der Waals surface area contributed by atoms with E-state index >= 15 is 0 Å². The number of esters is 1. The molecule has 2 rings (SSSR count). The van der Waals surface area contributed by atoms with Crippen LogP contribution in [0.25, 0.3) is 0 Å². The smallest absolute Gasteiger partial charge is 0.348 e. The van der Waals surface area contributed by atoms with Gasteiger partial charge in [0.2, 0.25) is 6.79 Å². The maximum absolute atomic E-state index is 12.0. The molecule has 0 saturated carbocycles. The van der Waals surface area contributed by atoms with Crippen LogP contribution >= 0.6 is 0 Å². The van der Waals surface area contributed by atoms with E-state index in [2.05, 4.69) is 4.74 Å². The Hall–Kier alpha value is -1.98. The summed E-state index contributed by atoms with van der Waals surface area (Å²) in [5.41, 5.74) is -0.0142. The molecular weight excluding hydrogens is 219 g/mol. The summed E-state index contributed by atoms with van der Waals surface area (Å²) in [4.78, 5) is 11.4. The van der Waals surface area contributed by atoms with Gasteiger partial charge in [-0.3, -0.25) is 0 Å². The van der Waals surface area contributed by atoms with Gasteiger partial charge in [-0.05, 0) is 12.1 Å². The summed E-state index contributed by atoms with van der Waals surface area (Å²) < 4.78 is 26.6. The van der Waals surface area contributed by atoms with Gasteiger partial charge in [0.15, 0.2) is 11.5 Å². The van der Waals surface area contributed by atoms with Crippen molar-refractivity contribution in [2.75, 3.05) is 20.1 Å². The van der Waals surface area contributed by atoms with Crippen molar-refractivity contribution in [3.63, 3.8) is 0 Å². The van der Waals surface area contributed by atoms with Crippen LogP contribution in [0.5, 0.6) is 17.2 Å². The number of hydrogen-bond donors (Lipinski definition) is 1. The summed E-state index contributed by atoms with van der Waals surface area (Å²) in [6.07, 6.45) is 0. The Morgan fingerprint density at radius 3 is 3.00 bits per heavy atom. The third kappa shape index (κ3) is 1.73. The number of aromatic hydroxyl groups is 1. The lowest BCUT2D eigenvalue weighted by atomic mass is 10.1. The van der Waals surface area contributed by atoms with Crippen LogP contribution in [0.2, 0.25) is 0 Å². The molecule has 1 aliphatic rings. The van der Waals surface area contributed by atoms with Gasteiger partial charge >= 0.3 is 5.97 Å². The fourth-order valence-corrected chi connectivity index (χ4v) is 1.38. The van der Waals surface area contributed by atoms with Crippen molar-refractivity contribution in [2.45, 2.75) is 0 Å². The standard InChI is InChI=1S/C10H9FO5/c11-3-4-14-7-2-1-6(12)9-8(7)10(13)16-5-15-9/h1-2,12H,3-5H2. The molecule has 1 aromatic rings. The lowest BCUT2D eigenvalue weighted by molar-refractivity contribution is 0.00310. The minimum absolute atomic E-state index is 0.00704. The van der Waals surface area contributed by atoms with Crippen molar-refractivity contribution >= 4 is 5.97 Å². The molecular formula is C10H9FO5. The highest BCUT2D eigenvalue weighted by Crippen LogP contribution is 2.39. The Labute approximate surface area is 90.3 Å². The summed E-state index contributed by atoms with van der Waals surface area (Å²) in [5.74, 6) is -0.701. The fraction of sp³-hybridized carbons (Fsp3) is 0.300. The number of carbonyl (C=O) groups excluding carboxylic acids is 1. The molecule has 0 aromatic heterocycles. The Balaban J connectivity index is 2.42. The second kappa shape index (κ2) is 4.26. The van der Waals surface area contributed by atoms with E-state index in [1.54, 1.807) is 0 Å². The summed E-state index contributed by atoms with van der Waals surface area (Å²) in [6.45, 7) is -1.11. The quantitative estimate of drug-likeness (QED) is 0.788. The van der Waals surface area contributed by atoms with Crippen LogP contribution in [0.15, 0.2) is 12.1 Å². The van der Waals surface area contributed by atoms with Crippen LogP contribution < -0.4 is 9.47 Å². The monoisotopic (exact) mass is 228 g/mol. The van der Waals surface area contributed by atoms with Gasteiger partial charge in [0.05, 0.1) is 0 Å². The highest BCUT2D eigenvalue weighted by Gasteiger charge is 2.27. The zero-order chi connectivity index (χ0) is 11.5. The summed E-state index contributed by atoms with van der Waals surface area (Å²) >= 11 is 0. The normalized spacial score (nSPS) is 13.7. The minimum atomic E-state index is -0.675. The molecule has 0 saturated heterocycles. The van der Waals surface area contributed by atoms with Crippen LogP contribution in [0.1, 0.15) is 10.4 Å². The molecule has 16 heavy (non-hydrogen) atoms. The van der Waals surface area contributed by atoms with Gasteiger partial charge in [0.25, 0.3) is 0 Å². The van der Waals surface area contributed by atoms with Crippen LogP contribution in [0.4, 0.5) is 4.39 Å². The molecule has 86 valence electrons. The van der Waals surface area contributed by atoms with E-state index in [9.17, 15) is 14.3 Å². The van der Waals surface area contributed by atoms with Gasteiger partial charge in [0.1, 0.15) is 24.6 Å². The molecule has 6 heteroatoms. The highest BCUT2D eigenvalue weighted by atomic mass is 19.1. The number of hydrogen-bond acceptors (Lipinski definition) is 5. The number of phenolic OH excluding ortho intramolecular Hbond substituents is 1. The molecule has 1 aromatic carbocycles. The number of halogens is 1. The predicted octanol–water partition coefficient (Wildman–Crippen LogP) is 1.25. The van der Waals surface area contributed by atoms with Crippen LogP contribution in [0.3, 0.4) is 0 Å². The molecule has 1 heterocycles. The Morgan fingerprint density at radius 2 is 2.25 bits per heavy atom. The Morgan fingerprint density at radius 1 is 1.44 bits per heavy atom. The lowest BCUT2D eigenvalue weighted by Crippen LogP contribution is -2.20. The molecule has 0 atom stereocenters. The minimum Gasteiger partial charge on any atom is -0.504 e. The molecule has 0 amide bonds. The van der Waals surface area contributed by atoms with Crippen LogP contribution in [0, 0.1) is 0 Å². The summed E-state index contributed by atoms with van der Waals surface area (Å²) in [7, 11) is 0. The van der Waals surface area contributed by atoms with E-state index in [4.69, 9.17) is 9.47 Å². The van der Waals surface area contributed by atoms with Crippen LogP contribution in [-0.2, 0) is 4.74 Å². The Bertz CT molecular complexity index is 418. The molecule has 1 aliphatic heterocycles. The molecule has 0 radical (unpaired) electrons. The average Bonchev–Trinajstić information content (AvgIpc) is 2.29. The lowest BCUT2D eigenvalue weighted by Gasteiger charge is -2.20. The first-order valence-electron chi connectivity index (χ1n) is 4.58. The van der Waals surface area contributed by atoms with Gasteiger partial charge in [-0.2, -0.15) is 0 Å². The Kier molecular flexibility index (Phi) is 2.80. The second-order valence-corrected chi connectivity index (χ2v) is 3.02. The first-order valence-corrected chi connectivity index (χ1v) is 4.58. The zero-order valence-corrected chi connectivity index (χ0v) is 8.23. The number of phenols is 1. The third-order valence-electron chi connectivity index (χ3n) is 2.03. The van der Waals surface area contributed by atoms with E-state index in [-0.39, 0.29) is 36.2 Å². The van der Waals surface area contributed by atoms with Gasteiger partial charge < -0.3 is 19.3 Å². The van der Waals surface area contributed by atoms with E-state index in [0.717, 1.165) is 0 Å². The summed E-state index contributed by atoms with van der Waals surface area (Å²) in [5, 5.41) is 9.46. The van der Waals surface area contributed by atoms with Crippen molar-refractivity contribution in [3.8, 4) is 17.2 Å². The summed E-state index contributed by atoms with van der Waals surface area (Å²) in [6, 6.07) is 2.67. The molecule has 5 nitrogen and oxygen atoms in total. The van der Waals surface area contributed by atoms with E-state index in [1.807, 2.05) is 0 Å². The first-order chi connectivity index (χ1) is 7.74. The number of fused-ring (bicyclic) bond motifs is 1. The van der Waals surface area contributed by atoms with Gasteiger partial charge in [-0.25, -0.2) is 9.18 Å². The predicted molar refractivity (Wildman–Crippen MR) is 50.5 cm³/mol.